The summed E-state index contributed by atoms with van der Waals surface area (Å²) in [6.07, 6.45) is -2.38. The standard InChI is InChI=1S/C30H42O10/c1-11-18-20(28(5)29(6,37)25(36)40-30(28)24(11)39-30)23(35)19-17-14(10-15(32)27(18,19)4)26(3)13(21(33)22(17)34)8-7-9-16(26)38-12(2)31/h11,13-20,22-24,32,34-35,37H,7-10H2,1-6H3/t11-,13+,14-,15-,16-,17+,18-,19+,20-,22+,23+,24+,26-,27+,28-,29+,30-/m0/s1. The zero-order chi connectivity index (χ0) is 29.1. The molecule has 0 radical (unpaired) electrons. The molecule has 0 aromatic rings. The summed E-state index contributed by atoms with van der Waals surface area (Å²) in [6, 6.07) is 0. The van der Waals surface area contributed by atoms with Crippen molar-refractivity contribution in [2.45, 2.75) is 109 Å². The quantitative estimate of drug-likeness (QED) is 0.267. The maximum absolute atomic E-state index is 13.9. The van der Waals surface area contributed by atoms with Crippen LogP contribution in [-0.4, -0.2) is 80.1 Å². The smallest absolute Gasteiger partial charge is 0.341 e. The van der Waals surface area contributed by atoms with Gasteiger partial charge in [0.05, 0.1) is 17.6 Å². The lowest BCUT2D eigenvalue weighted by Gasteiger charge is -2.63. The second-order valence-electron chi connectivity index (χ2n) is 14.9. The van der Waals surface area contributed by atoms with Gasteiger partial charge in [-0.1, -0.05) is 20.8 Å². The van der Waals surface area contributed by atoms with Gasteiger partial charge in [0.1, 0.15) is 18.3 Å². The van der Waals surface area contributed by atoms with Crippen molar-refractivity contribution in [3.05, 3.63) is 0 Å². The predicted octanol–water partition coefficient (Wildman–Crippen LogP) is 0.953. The van der Waals surface area contributed by atoms with Crippen LogP contribution in [0.2, 0.25) is 0 Å². The van der Waals surface area contributed by atoms with Crippen molar-refractivity contribution >= 4 is 17.7 Å². The summed E-state index contributed by atoms with van der Waals surface area (Å²) in [5, 5.41) is 47.8. The number of fused-ring (bicyclic) bond motifs is 8. The van der Waals surface area contributed by atoms with Crippen molar-refractivity contribution in [2.24, 2.45) is 57.7 Å². The Labute approximate surface area is 233 Å². The van der Waals surface area contributed by atoms with Gasteiger partial charge in [-0.05, 0) is 63.2 Å². The predicted molar refractivity (Wildman–Crippen MR) is 136 cm³/mol. The van der Waals surface area contributed by atoms with Crippen molar-refractivity contribution < 1.29 is 49.0 Å². The number of ether oxygens (including phenoxy) is 3. The third kappa shape index (κ3) is 2.60. The third-order valence-electron chi connectivity index (χ3n) is 13.9. The van der Waals surface area contributed by atoms with Crippen LogP contribution in [0.1, 0.15) is 67.2 Å². The van der Waals surface area contributed by atoms with E-state index in [9.17, 15) is 34.8 Å². The zero-order valence-electron chi connectivity index (χ0n) is 24.0. The Morgan fingerprint density at radius 2 is 1.68 bits per heavy atom. The van der Waals surface area contributed by atoms with Crippen LogP contribution in [0.25, 0.3) is 0 Å². The fourth-order valence-corrected chi connectivity index (χ4v) is 11.9. The molecule has 1 spiro atoms. The maximum atomic E-state index is 13.9. The summed E-state index contributed by atoms with van der Waals surface area (Å²) in [5.74, 6) is -6.59. The SMILES string of the molecule is CC(=O)O[C@H]1CCC[C@@H]2C(=O)[C@H](O)[C@H]3[C@@H]4[C@@H](O)[C@@H]5[C@H]([C@H](C)[C@H]6O[C@]67OC(=O)[C@@](C)(O)[C@]57C)[C@@]4(C)[C@@H](O)C[C@@H]3[C@@]12C. The van der Waals surface area contributed by atoms with E-state index >= 15 is 0 Å². The minimum Gasteiger partial charge on any atom is -0.462 e. The fourth-order valence-electron chi connectivity index (χ4n) is 11.9. The Morgan fingerprint density at radius 1 is 1.00 bits per heavy atom. The highest BCUT2D eigenvalue weighted by atomic mass is 16.8. The van der Waals surface area contributed by atoms with Gasteiger partial charge in [0.2, 0.25) is 5.79 Å². The molecule has 0 bridgehead atoms. The molecule has 7 fully saturated rings. The van der Waals surface area contributed by atoms with Crippen molar-refractivity contribution in [1.29, 1.82) is 0 Å². The number of Topliss-reactive ketones (excluding diaryl/α,β-unsaturated/α-hetero) is 1. The van der Waals surface area contributed by atoms with Crippen LogP contribution >= 0.6 is 0 Å². The van der Waals surface area contributed by atoms with Gasteiger partial charge in [-0.25, -0.2) is 4.79 Å². The lowest BCUT2D eigenvalue weighted by Crippen LogP contribution is -2.68. The largest absolute Gasteiger partial charge is 0.462 e. The minimum absolute atomic E-state index is 0.237. The van der Waals surface area contributed by atoms with E-state index in [1.807, 2.05) is 20.8 Å². The molecular weight excluding hydrogens is 520 g/mol. The molecule has 4 N–H and O–H groups in total. The molecular formula is C30H42O10. The highest BCUT2D eigenvalue weighted by molar-refractivity contribution is 5.88. The van der Waals surface area contributed by atoms with Crippen LogP contribution in [0, 0.1) is 57.7 Å². The van der Waals surface area contributed by atoms with E-state index in [0.29, 0.717) is 19.3 Å². The molecule has 2 aliphatic heterocycles. The summed E-state index contributed by atoms with van der Waals surface area (Å²) >= 11 is 0. The summed E-state index contributed by atoms with van der Waals surface area (Å²) in [6.45, 7) is 10.3. The Bertz CT molecular complexity index is 1200. The first-order valence-electron chi connectivity index (χ1n) is 14.9. The van der Waals surface area contributed by atoms with Crippen molar-refractivity contribution in [2.75, 3.05) is 0 Å². The molecule has 0 aromatic carbocycles. The highest BCUT2D eigenvalue weighted by Gasteiger charge is 2.92. The minimum atomic E-state index is -1.96. The van der Waals surface area contributed by atoms with E-state index in [1.54, 1.807) is 6.92 Å². The summed E-state index contributed by atoms with van der Waals surface area (Å²) in [4.78, 5) is 39.0. The van der Waals surface area contributed by atoms with Crippen molar-refractivity contribution in [1.82, 2.24) is 0 Å². The van der Waals surface area contributed by atoms with E-state index < -0.39 is 106 Å². The lowest BCUT2D eigenvalue weighted by atomic mass is 9.42. The third-order valence-corrected chi connectivity index (χ3v) is 13.9. The number of carbonyl (C=O) groups is 3. The van der Waals surface area contributed by atoms with Gasteiger partial charge < -0.3 is 34.6 Å². The first-order valence-corrected chi connectivity index (χ1v) is 14.9. The first-order chi connectivity index (χ1) is 18.5. The van der Waals surface area contributed by atoms with Crippen molar-refractivity contribution in [3.63, 3.8) is 0 Å². The zero-order valence-corrected chi connectivity index (χ0v) is 24.0. The number of hydrogen-bond acceptors (Lipinski definition) is 10. The van der Waals surface area contributed by atoms with Gasteiger partial charge in [0.15, 0.2) is 11.4 Å². The molecule has 40 heavy (non-hydrogen) atoms. The monoisotopic (exact) mass is 562 g/mol. The molecule has 5 aliphatic carbocycles. The number of rotatable bonds is 1. The van der Waals surface area contributed by atoms with Crippen LogP contribution in [0.3, 0.4) is 0 Å². The molecule has 7 rings (SSSR count). The van der Waals surface area contributed by atoms with Gasteiger partial charge >= 0.3 is 11.9 Å². The van der Waals surface area contributed by atoms with Gasteiger partial charge in [0.25, 0.3) is 0 Å². The maximum Gasteiger partial charge on any atom is 0.341 e. The number of aliphatic hydroxyl groups excluding tert-OH is 3. The second kappa shape index (κ2) is 7.67. The van der Waals surface area contributed by atoms with Crippen LogP contribution in [0.5, 0.6) is 0 Å². The molecule has 7 aliphatic rings. The highest BCUT2D eigenvalue weighted by Crippen LogP contribution is 2.80. The van der Waals surface area contributed by atoms with Gasteiger partial charge in [-0.3, -0.25) is 9.59 Å². The number of esters is 2. The van der Waals surface area contributed by atoms with Gasteiger partial charge in [-0.15, -0.1) is 0 Å². The number of ketones is 1. The summed E-state index contributed by atoms with van der Waals surface area (Å²) < 4.78 is 17.6. The van der Waals surface area contributed by atoms with Crippen molar-refractivity contribution in [3.8, 4) is 0 Å². The molecule has 2 saturated heterocycles. The topological polar surface area (TPSA) is 163 Å². The summed E-state index contributed by atoms with van der Waals surface area (Å²) in [7, 11) is 0. The second-order valence-corrected chi connectivity index (χ2v) is 14.9. The van der Waals surface area contributed by atoms with E-state index in [-0.39, 0.29) is 18.1 Å². The normalized spacial score (nSPS) is 63.1. The van der Waals surface area contributed by atoms with E-state index in [4.69, 9.17) is 14.2 Å². The number of carbonyl (C=O) groups excluding carboxylic acids is 3. The molecule has 10 nitrogen and oxygen atoms in total. The molecule has 222 valence electrons. The Kier molecular flexibility index (Phi) is 5.23. The Balaban J connectivity index is 1.39. The van der Waals surface area contributed by atoms with Gasteiger partial charge in [0, 0.05) is 35.5 Å². The van der Waals surface area contributed by atoms with Crippen LogP contribution in [-0.2, 0) is 28.6 Å². The van der Waals surface area contributed by atoms with E-state index in [1.165, 1.54) is 13.8 Å². The number of epoxide rings is 1. The molecule has 5 saturated carbocycles. The average Bonchev–Trinajstić information content (AvgIpc) is 3.52. The van der Waals surface area contributed by atoms with Gasteiger partial charge in [-0.2, -0.15) is 0 Å². The van der Waals surface area contributed by atoms with Crippen LogP contribution in [0.4, 0.5) is 0 Å². The molecule has 0 unspecified atom stereocenters. The molecule has 17 atom stereocenters. The van der Waals surface area contributed by atoms with E-state index in [2.05, 4.69) is 0 Å². The van der Waals surface area contributed by atoms with E-state index in [0.717, 1.165) is 0 Å². The Morgan fingerprint density at radius 3 is 2.33 bits per heavy atom. The van der Waals surface area contributed by atoms with Crippen LogP contribution < -0.4 is 0 Å². The lowest BCUT2D eigenvalue weighted by molar-refractivity contribution is -0.231. The molecule has 2 heterocycles. The fraction of sp³-hybridized carbons (Fsp3) is 0.900. The number of aliphatic hydroxyl groups is 4. The number of hydrogen-bond donors (Lipinski definition) is 4. The summed E-state index contributed by atoms with van der Waals surface area (Å²) in [5.41, 5.74) is -5.05. The first kappa shape index (κ1) is 27.3. The molecule has 10 heteroatoms. The molecule has 0 aromatic heterocycles. The Hall–Kier alpha value is -1.59. The molecule has 0 amide bonds. The average molecular weight is 563 g/mol. The van der Waals surface area contributed by atoms with Crippen LogP contribution in [0.15, 0.2) is 0 Å².